The SMILES string of the molecule is CC(C)(C)NCc1ccc(N2CCCSCC2)cc1Br. The smallest absolute Gasteiger partial charge is 0.0378 e. The first kappa shape index (κ1) is 16.2. The molecule has 1 N–H and O–H groups in total. The molecule has 1 aromatic rings. The van der Waals surface area contributed by atoms with Crippen molar-refractivity contribution in [1.29, 1.82) is 0 Å². The number of rotatable bonds is 3. The van der Waals surface area contributed by atoms with Gasteiger partial charge < -0.3 is 10.2 Å². The number of hydrogen-bond acceptors (Lipinski definition) is 3. The van der Waals surface area contributed by atoms with E-state index in [9.17, 15) is 0 Å². The second kappa shape index (κ2) is 7.19. The zero-order chi connectivity index (χ0) is 14.6. The summed E-state index contributed by atoms with van der Waals surface area (Å²) in [5.74, 6) is 2.54. The quantitative estimate of drug-likeness (QED) is 0.869. The lowest BCUT2D eigenvalue weighted by molar-refractivity contribution is 0.424. The standard InChI is InChI=1S/C16H25BrN2S/c1-16(2,3)18-12-13-5-6-14(11-15(13)17)19-7-4-9-20-10-8-19/h5-6,11,18H,4,7-10,12H2,1-3H3. The Morgan fingerprint density at radius 1 is 1.25 bits per heavy atom. The van der Waals surface area contributed by atoms with Gasteiger partial charge >= 0.3 is 0 Å². The van der Waals surface area contributed by atoms with Crippen LogP contribution in [0.5, 0.6) is 0 Å². The zero-order valence-corrected chi connectivity index (χ0v) is 15.1. The Bertz CT molecular complexity index is 435. The minimum Gasteiger partial charge on any atom is -0.371 e. The third-order valence-corrected chi connectivity index (χ3v) is 5.22. The highest BCUT2D eigenvalue weighted by Gasteiger charge is 2.13. The molecule has 4 heteroatoms. The molecule has 2 nitrogen and oxygen atoms in total. The molecule has 0 radical (unpaired) electrons. The maximum atomic E-state index is 3.73. The van der Waals surface area contributed by atoms with Crippen LogP contribution in [0.3, 0.4) is 0 Å². The summed E-state index contributed by atoms with van der Waals surface area (Å²) in [7, 11) is 0. The summed E-state index contributed by atoms with van der Waals surface area (Å²) in [6, 6.07) is 6.78. The molecule has 1 fully saturated rings. The number of nitrogens with one attached hydrogen (secondary N) is 1. The number of anilines is 1. The Morgan fingerprint density at radius 2 is 2.05 bits per heavy atom. The molecule has 0 spiro atoms. The fourth-order valence-corrected chi connectivity index (χ4v) is 3.63. The summed E-state index contributed by atoms with van der Waals surface area (Å²) >= 11 is 5.80. The Kier molecular flexibility index (Phi) is 5.82. The largest absolute Gasteiger partial charge is 0.371 e. The molecular formula is C16H25BrN2S. The van der Waals surface area contributed by atoms with Crippen LogP contribution in [0.4, 0.5) is 5.69 Å². The van der Waals surface area contributed by atoms with Crippen molar-refractivity contribution in [3.63, 3.8) is 0 Å². The van der Waals surface area contributed by atoms with Gasteiger partial charge in [0.25, 0.3) is 0 Å². The molecule has 2 rings (SSSR count). The third kappa shape index (κ3) is 4.97. The van der Waals surface area contributed by atoms with Crippen molar-refractivity contribution in [2.24, 2.45) is 0 Å². The lowest BCUT2D eigenvalue weighted by Gasteiger charge is -2.24. The first-order valence-corrected chi connectivity index (χ1v) is 9.27. The second-order valence-electron chi connectivity index (χ2n) is 6.33. The van der Waals surface area contributed by atoms with Crippen LogP contribution in [-0.4, -0.2) is 30.1 Å². The maximum Gasteiger partial charge on any atom is 0.0378 e. The normalized spacial score (nSPS) is 17.1. The van der Waals surface area contributed by atoms with E-state index in [1.807, 2.05) is 0 Å². The molecule has 1 heterocycles. The van der Waals surface area contributed by atoms with Gasteiger partial charge in [0.05, 0.1) is 0 Å². The Hall–Kier alpha value is -0.190. The van der Waals surface area contributed by atoms with E-state index in [-0.39, 0.29) is 5.54 Å². The monoisotopic (exact) mass is 356 g/mol. The molecule has 0 saturated carbocycles. The van der Waals surface area contributed by atoms with E-state index in [0.29, 0.717) is 0 Å². The fraction of sp³-hybridized carbons (Fsp3) is 0.625. The van der Waals surface area contributed by atoms with Crippen LogP contribution in [0, 0.1) is 0 Å². The van der Waals surface area contributed by atoms with Gasteiger partial charge in [-0.25, -0.2) is 0 Å². The summed E-state index contributed by atoms with van der Waals surface area (Å²) in [4.78, 5) is 2.51. The topological polar surface area (TPSA) is 15.3 Å². The van der Waals surface area contributed by atoms with Crippen molar-refractivity contribution in [3.05, 3.63) is 28.2 Å². The van der Waals surface area contributed by atoms with E-state index >= 15 is 0 Å². The summed E-state index contributed by atoms with van der Waals surface area (Å²) in [6.45, 7) is 9.84. The molecule has 112 valence electrons. The molecule has 1 aliphatic rings. The Morgan fingerprint density at radius 3 is 2.75 bits per heavy atom. The van der Waals surface area contributed by atoms with Crippen LogP contribution >= 0.6 is 27.7 Å². The van der Waals surface area contributed by atoms with Gasteiger partial charge in [0.15, 0.2) is 0 Å². The van der Waals surface area contributed by atoms with E-state index in [1.54, 1.807) is 0 Å². The molecule has 1 aromatic carbocycles. The number of thioether (sulfide) groups is 1. The maximum absolute atomic E-state index is 3.73. The molecule has 0 unspecified atom stereocenters. The van der Waals surface area contributed by atoms with Crippen molar-refractivity contribution < 1.29 is 0 Å². The van der Waals surface area contributed by atoms with Crippen LogP contribution in [0.1, 0.15) is 32.8 Å². The van der Waals surface area contributed by atoms with Gasteiger partial charge in [0.2, 0.25) is 0 Å². The van der Waals surface area contributed by atoms with Gasteiger partial charge in [-0.1, -0.05) is 22.0 Å². The highest BCUT2D eigenvalue weighted by molar-refractivity contribution is 9.10. The van der Waals surface area contributed by atoms with Crippen molar-refractivity contribution >= 4 is 33.4 Å². The van der Waals surface area contributed by atoms with E-state index in [4.69, 9.17) is 0 Å². The summed E-state index contributed by atoms with van der Waals surface area (Å²) in [5.41, 5.74) is 2.83. The molecule has 0 aliphatic carbocycles. The zero-order valence-electron chi connectivity index (χ0n) is 12.7. The van der Waals surface area contributed by atoms with Gasteiger partial charge in [0.1, 0.15) is 0 Å². The van der Waals surface area contributed by atoms with Crippen LogP contribution in [0.25, 0.3) is 0 Å². The van der Waals surface area contributed by atoms with Crippen molar-refractivity contribution in [2.75, 3.05) is 29.5 Å². The third-order valence-electron chi connectivity index (χ3n) is 3.43. The van der Waals surface area contributed by atoms with E-state index in [1.165, 1.54) is 40.2 Å². The van der Waals surface area contributed by atoms with Crippen LogP contribution < -0.4 is 10.2 Å². The lowest BCUT2D eigenvalue weighted by atomic mass is 10.1. The molecule has 0 bridgehead atoms. The first-order valence-electron chi connectivity index (χ1n) is 7.32. The van der Waals surface area contributed by atoms with Crippen LogP contribution in [0.2, 0.25) is 0 Å². The molecule has 0 aromatic heterocycles. The molecule has 0 atom stereocenters. The Labute approximate surface area is 135 Å². The lowest BCUT2D eigenvalue weighted by Crippen LogP contribution is -2.35. The summed E-state index contributed by atoms with van der Waals surface area (Å²) in [6.07, 6.45) is 1.29. The van der Waals surface area contributed by atoms with Gasteiger partial charge in [-0.3, -0.25) is 0 Å². The van der Waals surface area contributed by atoms with Gasteiger partial charge in [-0.05, 0) is 50.6 Å². The molecule has 20 heavy (non-hydrogen) atoms. The highest BCUT2D eigenvalue weighted by Crippen LogP contribution is 2.26. The van der Waals surface area contributed by atoms with Crippen molar-refractivity contribution in [1.82, 2.24) is 5.32 Å². The molecular weight excluding hydrogens is 332 g/mol. The predicted octanol–water partition coefficient (Wildman–Crippen LogP) is 4.28. The number of nitrogens with zero attached hydrogens (tertiary/aromatic N) is 1. The fourth-order valence-electron chi connectivity index (χ4n) is 2.24. The number of halogens is 1. The average molecular weight is 357 g/mol. The minimum atomic E-state index is 0.153. The summed E-state index contributed by atoms with van der Waals surface area (Å²) < 4.78 is 1.21. The molecule has 1 aliphatic heterocycles. The van der Waals surface area contributed by atoms with Gasteiger partial charge in [-0.15, -0.1) is 0 Å². The average Bonchev–Trinajstić information content (AvgIpc) is 2.65. The highest BCUT2D eigenvalue weighted by atomic mass is 79.9. The van der Waals surface area contributed by atoms with Gasteiger partial charge in [-0.2, -0.15) is 11.8 Å². The van der Waals surface area contributed by atoms with Crippen LogP contribution in [-0.2, 0) is 6.54 Å². The second-order valence-corrected chi connectivity index (χ2v) is 8.41. The Balaban J connectivity index is 2.04. The summed E-state index contributed by atoms with van der Waals surface area (Å²) in [5, 5.41) is 3.54. The predicted molar refractivity (Wildman–Crippen MR) is 94.9 cm³/mol. The molecule has 0 amide bonds. The van der Waals surface area contributed by atoms with Crippen molar-refractivity contribution in [2.45, 2.75) is 39.3 Å². The van der Waals surface area contributed by atoms with Crippen LogP contribution in [0.15, 0.2) is 22.7 Å². The van der Waals surface area contributed by atoms with E-state index < -0.39 is 0 Å². The van der Waals surface area contributed by atoms with E-state index in [0.717, 1.165) is 13.1 Å². The van der Waals surface area contributed by atoms with Gasteiger partial charge in [0, 0.05) is 41.1 Å². The first-order chi connectivity index (χ1) is 9.46. The minimum absolute atomic E-state index is 0.153. The number of hydrogen-bond donors (Lipinski definition) is 1. The number of benzene rings is 1. The molecule has 1 saturated heterocycles. The van der Waals surface area contributed by atoms with Crippen molar-refractivity contribution in [3.8, 4) is 0 Å². The van der Waals surface area contributed by atoms with E-state index in [2.05, 4.69) is 76.9 Å².